The van der Waals surface area contributed by atoms with Crippen molar-refractivity contribution in [1.29, 1.82) is 0 Å². The third kappa shape index (κ3) is 3.34. The first kappa shape index (κ1) is 18.5. The fourth-order valence-corrected chi connectivity index (χ4v) is 3.43. The molecular weight excluding hydrogens is 369 g/mol. The number of amides is 1. The van der Waals surface area contributed by atoms with E-state index in [1.807, 2.05) is 13.1 Å². The van der Waals surface area contributed by atoms with E-state index in [0.29, 0.717) is 11.3 Å². The van der Waals surface area contributed by atoms with Crippen LogP contribution in [-0.2, 0) is 30.2 Å². The molecule has 0 unspecified atom stereocenters. The van der Waals surface area contributed by atoms with Gasteiger partial charge in [0.1, 0.15) is 0 Å². The lowest BCUT2D eigenvalue weighted by molar-refractivity contribution is -0.160. The van der Waals surface area contributed by atoms with Crippen LogP contribution in [-0.4, -0.2) is 26.8 Å². The molecule has 0 aliphatic heterocycles. The predicted octanol–water partition coefficient (Wildman–Crippen LogP) is 3.42. The van der Waals surface area contributed by atoms with Crippen molar-refractivity contribution in [3.05, 3.63) is 59.5 Å². The highest BCUT2D eigenvalue weighted by Gasteiger charge is 2.64. The number of rotatable bonds is 5. The molecule has 28 heavy (non-hydrogen) atoms. The minimum Gasteiger partial charge on any atom is -0.350 e. The highest BCUT2D eigenvalue weighted by molar-refractivity contribution is 5.79. The highest BCUT2D eigenvalue weighted by atomic mass is 19.4. The van der Waals surface area contributed by atoms with Crippen molar-refractivity contribution in [2.24, 2.45) is 7.05 Å². The van der Waals surface area contributed by atoms with Crippen LogP contribution >= 0.6 is 0 Å². The molecule has 1 aliphatic rings. The van der Waals surface area contributed by atoms with Crippen molar-refractivity contribution in [2.45, 2.75) is 37.4 Å². The Balaban J connectivity index is 1.36. The SMILES string of the molecule is Cn1ncc2cc(CNC(=O)Cc3ccc(C4(C(F)(F)F)CC4)cc3)ncc21. The van der Waals surface area contributed by atoms with Crippen LogP contribution in [0.15, 0.2) is 42.7 Å². The number of aryl methyl sites for hydroxylation is 1. The molecule has 2 aromatic heterocycles. The first-order chi connectivity index (χ1) is 13.3. The zero-order valence-corrected chi connectivity index (χ0v) is 15.3. The molecule has 0 saturated heterocycles. The number of carbonyl (C=O) groups excluding carboxylic acids is 1. The van der Waals surface area contributed by atoms with E-state index in [2.05, 4.69) is 15.4 Å². The second-order valence-corrected chi connectivity index (χ2v) is 7.23. The zero-order chi connectivity index (χ0) is 19.9. The quantitative estimate of drug-likeness (QED) is 0.729. The van der Waals surface area contributed by atoms with Gasteiger partial charge in [-0.15, -0.1) is 0 Å². The molecule has 0 spiro atoms. The Morgan fingerprint density at radius 3 is 2.57 bits per heavy atom. The van der Waals surface area contributed by atoms with Crippen molar-refractivity contribution in [3.63, 3.8) is 0 Å². The van der Waals surface area contributed by atoms with Crippen LogP contribution in [0.3, 0.4) is 0 Å². The van der Waals surface area contributed by atoms with Crippen LogP contribution in [0.25, 0.3) is 10.9 Å². The summed E-state index contributed by atoms with van der Waals surface area (Å²) in [5, 5.41) is 7.88. The van der Waals surface area contributed by atoms with Gasteiger partial charge in [0.05, 0.1) is 42.0 Å². The molecule has 1 aliphatic carbocycles. The number of benzene rings is 1. The Hall–Kier alpha value is -2.90. The topological polar surface area (TPSA) is 59.8 Å². The fourth-order valence-electron chi connectivity index (χ4n) is 3.43. The Labute approximate surface area is 159 Å². The van der Waals surface area contributed by atoms with Crippen molar-refractivity contribution in [3.8, 4) is 0 Å². The van der Waals surface area contributed by atoms with Gasteiger partial charge in [-0.25, -0.2) is 0 Å². The van der Waals surface area contributed by atoms with Crippen LogP contribution in [0, 0.1) is 0 Å². The lowest BCUT2D eigenvalue weighted by atomic mass is 9.94. The summed E-state index contributed by atoms with van der Waals surface area (Å²) >= 11 is 0. The average Bonchev–Trinajstić information content (AvgIpc) is 3.40. The molecule has 2 heterocycles. The summed E-state index contributed by atoms with van der Waals surface area (Å²) in [5.41, 5.74) is 0.880. The third-order valence-electron chi connectivity index (χ3n) is 5.32. The molecule has 5 nitrogen and oxygen atoms in total. The monoisotopic (exact) mass is 388 g/mol. The maximum atomic E-state index is 13.2. The van der Waals surface area contributed by atoms with Crippen LogP contribution < -0.4 is 5.32 Å². The van der Waals surface area contributed by atoms with Crippen LogP contribution in [0.4, 0.5) is 13.2 Å². The number of hydrogen-bond donors (Lipinski definition) is 1. The number of hydrogen-bond acceptors (Lipinski definition) is 3. The fraction of sp³-hybridized carbons (Fsp3) is 0.350. The van der Waals surface area contributed by atoms with E-state index < -0.39 is 11.6 Å². The molecule has 1 fully saturated rings. The van der Waals surface area contributed by atoms with E-state index in [1.165, 1.54) is 12.1 Å². The van der Waals surface area contributed by atoms with Gasteiger partial charge in [-0.1, -0.05) is 24.3 Å². The number of fused-ring (bicyclic) bond motifs is 1. The lowest BCUT2D eigenvalue weighted by Gasteiger charge is -2.19. The van der Waals surface area contributed by atoms with Crippen LogP contribution in [0.1, 0.15) is 29.7 Å². The van der Waals surface area contributed by atoms with Crippen LogP contribution in [0.5, 0.6) is 0 Å². The number of nitrogens with one attached hydrogen (secondary N) is 1. The number of alkyl halides is 3. The number of aromatic nitrogens is 3. The lowest BCUT2D eigenvalue weighted by Crippen LogP contribution is -2.28. The van der Waals surface area contributed by atoms with E-state index >= 15 is 0 Å². The molecule has 0 radical (unpaired) electrons. The van der Waals surface area contributed by atoms with Gasteiger partial charge >= 0.3 is 6.18 Å². The van der Waals surface area contributed by atoms with E-state index in [0.717, 1.165) is 10.9 Å². The molecule has 1 amide bonds. The molecular formula is C20H19F3N4O. The van der Waals surface area contributed by atoms with Gasteiger partial charge in [0.2, 0.25) is 5.91 Å². The van der Waals surface area contributed by atoms with Crippen LogP contribution in [0.2, 0.25) is 0 Å². The van der Waals surface area contributed by atoms with Crippen molar-refractivity contribution in [2.75, 3.05) is 0 Å². The molecule has 3 aromatic rings. The van der Waals surface area contributed by atoms with Crippen molar-refractivity contribution in [1.82, 2.24) is 20.1 Å². The molecule has 146 valence electrons. The molecule has 4 rings (SSSR count). The second kappa shape index (κ2) is 6.61. The maximum Gasteiger partial charge on any atom is 0.398 e. The largest absolute Gasteiger partial charge is 0.398 e. The normalized spacial score (nSPS) is 15.6. The van der Waals surface area contributed by atoms with E-state index in [4.69, 9.17) is 0 Å². The summed E-state index contributed by atoms with van der Waals surface area (Å²) in [6.07, 6.45) is -0.424. The molecule has 1 aromatic carbocycles. The predicted molar refractivity (Wildman–Crippen MR) is 97.5 cm³/mol. The molecule has 1 saturated carbocycles. The Bertz CT molecular complexity index is 1020. The summed E-state index contributed by atoms with van der Waals surface area (Å²) in [5.74, 6) is -0.210. The van der Waals surface area contributed by atoms with Gasteiger partial charge in [-0.2, -0.15) is 18.3 Å². The second-order valence-electron chi connectivity index (χ2n) is 7.23. The summed E-state index contributed by atoms with van der Waals surface area (Å²) in [6, 6.07) is 8.03. The summed E-state index contributed by atoms with van der Waals surface area (Å²) < 4.78 is 41.3. The van der Waals surface area contributed by atoms with Gasteiger partial charge in [-0.05, 0) is 30.0 Å². The van der Waals surface area contributed by atoms with Gasteiger partial charge in [-0.3, -0.25) is 14.5 Å². The molecule has 0 bridgehead atoms. The number of pyridine rings is 1. The number of halogens is 3. The van der Waals surface area contributed by atoms with Crippen molar-refractivity contribution < 1.29 is 18.0 Å². The molecule has 1 N–H and O–H groups in total. The Morgan fingerprint density at radius 2 is 1.93 bits per heavy atom. The third-order valence-corrected chi connectivity index (χ3v) is 5.32. The molecule has 8 heteroatoms. The van der Waals surface area contributed by atoms with Crippen molar-refractivity contribution >= 4 is 16.8 Å². The number of carbonyl (C=O) groups is 1. The first-order valence-corrected chi connectivity index (χ1v) is 8.98. The zero-order valence-electron chi connectivity index (χ0n) is 15.3. The summed E-state index contributed by atoms with van der Waals surface area (Å²) in [4.78, 5) is 16.5. The Kier molecular flexibility index (Phi) is 4.36. The minimum absolute atomic E-state index is 0.106. The average molecular weight is 388 g/mol. The highest BCUT2D eigenvalue weighted by Crippen LogP contribution is 2.58. The smallest absolute Gasteiger partial charge is 0.350 e. The maximum absolute atomic E-state index is 13.2. The summed E-state index contributed by atoms with van der Waals surface area (Å²) in [7, 11) is 1.83. The van der Waals surface area contributed by atoms with E-state index in [1.54, 1.807) is 29.2 Å². The van der Waals surface area contributed by atoms with E-state index in [-0.39, 0.29) is 37.3 Å². The standard InChI is InChI=1S/C20H19F3N4O/c1-27-17-12-24-16(9-14(17)10-26-27)11-25-18(28)8-13-2-4-15(5-3-13)19(6-7-19)20(21,22)23/h2-5,9-10,12H,6-8,11H2,1H3,(H,25,28). The summed E-state index contributed by atoms with van der Waals surface area (Å²) in [6.45, 7) is 0.277. The number of nitrogens with zero attached hydrogens (tertiary/aromatic N) is 3. The Morgan fingerprint density at radius 1 is 1.21 bits per heavy atom. The minimum atomic E-state index is -4.23. The van der Waals surface area contributed by atoms with Gasteiger partial charge < -0.3 is 5.32 Å². The van der Waals surface area contributed by atoms with Gasteiger partial charge in [0.25, 0.3) is 0 Å². The first-order valence-electron chi connectivity index (χ1n) is 8.98. The van der Waals surface area contributed by atoms with Gasteiger partial charge in [0, 0.05) is 12.4 Å². The van der Waals surface area contributed by atoms with Gasteiger partial charge in [0.15, 0.2) is 0 Å². The van der Waals surface area contributed by atoms with E-state index in [9.17, 15) is 18.0 Å². The molecule has 0 atom stereocenters.